The summed E-state index contributed by atoms with van der Waals surface area (Å²) in [5.74, 6) is 1.08. The molecule has 3 aromatic rings. The van der Waals surface area contributed by atoms with Crippen LogP contribution in [0.25, 0.3) is 10.9 Å². The van der Waals surface area contributed by atoms with Crippen molar-refractivity contribution in [1.29, 1.82) is 0 Å². The molecule has 0 saturated heterocycles. The molecule has 3 rings (SSSR count). The smallest absolute Gasteiger partial charge is 0.258 e. The van der Waals surface area contributed by atoms with Crippen LogP contribution >= 0.6 is 0 Å². The number of hydrogen-bond acceptors (Lipinski definition) is 5. The van der Waals surface area contributed by atoms with Crippen molar-refractivity contribution in [2.45, 2.75) is 0 Å². The molecule has 0 aliphatic carbocycles. The lowest BCUT2D eigenvalue weighted by Gasteiger charge is -2.09. The molecule has 2 N–H and O–H groups in total. The van der Waals surface area contributed by atoms with Gasteiger partial charge in [0.15, 0.2) is 6.61 Å². The second kappa shape index (κ2) is 7.45. The molecule has 0 radical (unpaired) electrons. The highest BCUT2D eigenvalue weighted by Crippen LogP contribution is 2.25. The second-order valence-corrected chi connectivity index (χ2v) is 5.25. The number of fused-ring (bicyclic) bond motifs is 1. The summed E-state index contributed by atoms with van der Waals surface area (Å²) in [5.41, 5.74) is 1.07. The third-order valence-corrected chi connectivity index (χ3v) is 3.54. The maximum atomic E-state index is 11.9. The van der Waals surface area contributed by atoms with E-state index in [1.54, 1.807) is 18.5 Å². The maximum Gasteiger partial charge on any atom is 0.258 e. The molecule has 0 fully saturated rings. The molecule has 2 aromatic heterocycles. The van der Waals surface area contributed by atoms with E-state index in [0.717, 1.165) is 10.9 Å². The van der Waals surface area contributed by atoms with Gasteiger partial charge >= 0.3 is 0 Å². The van der Waals surface area contributed by atoms with Gasteiger partial charge in [0, 0.05) is 44.1 Å². The number of carbonyl (C=O) groups excluding carboxylic acids is 1. The van der Waals surface area contributed by atoms with Crippen LogP contribution in [0.4, 0.5) is 5.95 Å². The Kier molecular flexibility index (Phi) is 4.90. The third kappa shape index (κ3) is 3.81. The quantitative estimate of drug-likeness (QED) is 0.645. The van der Waals surface area contributed by atoms with Crippen LogP contribution < -0.4 is 15.4 Å². The minimum absolute atomic E-state index is 0.0180. The topological polar surface area (TPSA) is 81.1 Å². The van der Waals surface area contributed by atoms with Gasteiger partial charge < -0.3 is 19.9 Å². The number of ether oxygens (including phenoxy) is 1. The molecular formula is C17H19N5O2. The molecule has 0 saturated carbocycles. The van der Waals surface area contributed by atoms with E-state index in [2.05, 4.69) is 20.6 Å². The fourth-order valence-electron chi connectivity index (χ4n) is 2.36. The monoisotopic (exact) mass is 325 g/mol. The number of amides is 1. The van der Waals surface area contributed by atoms with Gasteiger partial charge in [-0.15, -0.1) is 0 Å². The first-order valence-corrected chi connectivity index (χ1v) is 7.68. The zero-order valence-corrected chi connectivity index (χ0v) is 13.4. The largest absolute Gasteiger partial charge is 0.483 e. The standard InChI is InChI=1S/C17H19N5O2/c1-22-11-6-13-14(22)4-2-5-15(13)24-12-16(23)18-9-10-21-17-19-7-3-8-20-17/h2-8,11H,9-10,12H2,1H3,(H,18,23)(H,19,20,21). The van der Waals surface area contributed by atoms with Crippen molar-refractivity contribution >= 4 is 22.8 Å². The van der Waals surface area contributed by atoms with Crippen LogP contribution in [-0.4, -0.2) is 40.1 Å². The molecule has 1 aromatic carbocycles. The average Bonchev–Trinajstić information content (AvgIpc) is 3.00. The highest BCUT2D eigenvalue weighted by molar-refractivity contribution is 5.87. The van der Waals surface area contributed by atoms with Crippen LogP contribution in [0, 0.1) is 0 Å². The number of anilines is 1. The summed E-state index contributed by atoms with van der Waals surface area (Å²) in [7, 11) is 1.97. The molecule has 0 unspecified atom stereocenters. The van der Waals surface area contributed by atoms with Crippen LogP contribution in [0.5, 0.6) is 5.75 Å². The van der Waals surface area contributed by atoms with Gasteiger partial charge in [-0.2, -0.15) is 0 Å². The predicted octanol–water partition coefficient (Wildman–Crippen LogP) is 1.58. The van der Waals surface area contributed by atoms with Crippen molar-refractivity contribution in [2.24, 2.45) is 7.05 Å². The van der Waals surface area contributed by atoms with E-state index in [1.165, 1.54) is 0 Å². The molecule has 24 heavy (non-hydrogen) atoms. The first kappa shape index (κ1) is 15.8. The van der Waals surface area contributed by atoms with Crippen LogP contribution in [-0.2, 0) is 11.8 Å². The van der Waals surface area contributed by atoms with Gasteiger partial charge in [0.2, 0.25) is 5.95 Å². The lowest BCUT2D eigenvalue weighted by molar-refractivity contribution is -0.122. The zero-order valence-electron chi connectivity index (χ0n) is 13.4. The van der Waals surface area contributed by atoms with Crippen molar-refractivity contribution < 1.29 is 9.53 Å². The minimum atomic E-state index is -0.168. The van der Waals surface area contributed by atoms with Crippen molar-refractivity contribution in [3.8, 4) is 5.75 Å². The summed E-state index contributed by atoms with van der Waals surface area (Å²) in [5, 5.41) is 6.81. The number of nitrogens with zero attached hydrogens (tertiary/aromatic N) is 3. The normalized spacial score (nSPS) is 10.5. The van der Waals surface area contributed by atoms with E-state index >= 15 is 0 Å². The molecule has 0 aliphatic rings. The molecule has 7 heteroatoms. The van der Waals surface area contributed by atoms with Gasteiger partial charge in [-0.1, -0.05) is 6.07 Å². The number of aryl methyl sites for hydroxylation is 1. The Hall–Kier alpha value is -3.09. The minimum Gasteiger partial charge on any atom is -0.483 e. The van der Waals surface area contributed by atoms with Gasteiger partial charge in [-0.05, 0) is 24.3 Å². The number of carbonyl (C=O) groups is 1. The van der Waals surface area contributed by atoms with E-state index in [1.807, 2.05) is 42.1 Å². The number of aromatic nitrogens is 3. The molecular weight excluding hydrogens is 306 g/mol. The number of nitrogens with one attached hydrogen (secondary N) is 2. The van der Waals surface area contributed by atoms with Gasteiger partial charge in [0.25, 0.3) is 5.91 Å². The predicted molar refractivity (Wildman–Crippen MR) is 91.9 cm³/mol. The van der Waals surface area contributed by atoms with E-state index in [4.69, 9.17) is 4.74 Å². The van der Waals surface area contributed by atoms with Gasteiger partial charge in [0.05, 0.1) is 5.52 Å². The molecule has 0 spiro atoms. The molecule has 0 bridgehead atoms. The van der Waals surface area contributed by atoms with Crippen LogP contribution in [0.3, 0.4) is 0 Å². The maximum absolute atomic E-state index is 11.9. The van der Waals surface area contributed by atoms with Crippen molar-refractivity contribution in [2.75, 3.05) is 25.0 Å². The molecule has 2 heterocycles. The summed E-state index contributed by atoms with van der Waals surface area (Å²) in [4.78, 5) is 20.0. The van der Waals surface area contributed by atoms with Gasteiger partial charge in [-0.3, -0.25) is 4.79 Å². The van der Waals surface area contributed by atoms with Crippen molar-refractivity contribution in [1.82, 2.24) is 19.9 Å². The molecule has 0 atom stereocenters. The van der Waals surface area contributed by atoms with Crippen molar-refractivity contribution in [3.63, 3.8) is 0 Å². The Morgan fingerprint density at radius 2 is 2.00 bits per heavy atom. The summed E-state index contributed by atoms with van der Waals surface area (Å²) in [6, 6.07) is 9.52. The van der Waals surface area contributed by atoms with E-state index < -0.39 is 0 Å². The third-order valence-electron chi connectivity index (χ3n) is 3.54. The fourth-order valence-corrected chi connectivity index (χ4v) is 2.36. The van der Waals surface area contributed by atoms with Crippen LogP contribution in [0.1, 0.15) is 0 Å². The lowest BCUT2D eigenvalue weighted by Crippen LogP contribution is -2.32. The Balaban J connectivity index is 1.44. The second-order valence-electron chi connectivity index (χ2n) is 5.25. The number of rotatable bonds is 7. The van der Waals surface area contributed by atoms with E-state index in [9.17, 15) is 4.79 Å². The first-order chi connectivity index (χ1) is 11.7. The Morgan fingerprint density at radius 3 is 2.83 bits per heavy atom. The number of benzene rings is 1. The zero-order chi connectivity index (χ0) is 16.8. The Morgan fingerprint density at radius 1 is 1.17 bits per heavy atom. The molecule has 1 amide bonds. The van der Waals surface area contributed by atoms with Crippen LogP contribution in [0.2, 0.25) is 0 Å². The lowest BCUT2D eigenvalue weighted by atomic mass is 10.2. The molecule has 7 nitrogen and oxygen atoms in total. The average molecular weight is 325 g/mol. The van der Waals surface area contributed by atoms with Crippen molar-refractivity contribution in [3.05, 3.63) is 48.9 Å². The summed E-state index contributed by atoms with van der Waals surface area (Å²) in [6.45, 7) is 0.996. The summed E-state index contributed by atoms with van der Waals surface area (Å²) < 4.78 is 7.65. The highest BCUT2D eigenvalue weighted by Gasteiger charge is 2.07. The fraction of sp³-hybridized carbons (Fsp3) is 0.235. The Labute approximate surface area is 139 Å². The van der Waals surface area contributed by atoms with E-state index in [-0.39, 0.29) is 12.5 Å². The SMILES string of the molecule is Cn1ccc2c(OCC(=O)NCCNc3ncccn3)cccc21. The van der Waals surface area contributed by atoms with Gasteiger partial charge in [0.1, 0.15) is 5.75 Å². The first-order valence-electron chi connectivity index (χ1n) is 7.68. The summed E-state index contributed by atoms with van der Waals surface area (Å²) in [6.07, 6.45) is 5.28. The molecule has 0 aliphatic heterocycles. The Bertz CT molecular complexity index is 816. The van der Waals surface area contributed by atoms with Crippen LogP contribution in [0.15, 0.2) is 48.9 Å². The highest BCUT2D eigenvalue weighted by atomic mass is 16.5. The number of hydrogen-bond donors (Lipinski definition) is 2. The van der Waals surface area contributed by atoms with E-state index in [0.29, 0.717) is 24.8 Å². The molecule has 124 valence electrons. The summed E-state index contributed by atoms with van der Waals surface area (Å²) >= 11 is 0. The van der Waals surface area contributed by atoms with Gasteiger partial charge in [-0.25, -0.2) is 9.97 Å².